The summed E-state index contributed by atoms with van der Waals surface area (Å²) in [5, 5.41) is 0.989. The molecular weight excluding hydrogens is 441 g/mol. The monoisotopic (exact) mass is 449 g/mol. The van der Waals surface area contributed by atoms with Crippen LogP contribution in [0.15, 0.2) is 45.3 Å². The van der Waals surface area contributed by atoms with Crippen LogP contribution in [-0.4, -0.2) is 17.9 Å². The Balaban J connectivity index is 2.19. The van der Waals surface area contributed by atoms with Gasteiger partial charge in [0, 0.05) is 22.5 Å². The molecular formula is C15H11Br2Cl2NO. The smallest absolute Gasteiger partial charge is 0.255 e. The Hall–Kier alpha value is -0.550. The summed E-state index contributed by atoms with van der Waals surface area (Å²) in [6, 6.07) is 10.9. The van der Waals surface area contributed by atoms with E-state index < -0.39 is 0 Å². The van der Waals surface area contributed by atoms with Gasteiger partial charge >= 0.3 is 0 Å². The van der Waals surface area contributed by atoms with E-state index in [4.69, 9.17) is 23.2 Å². The maximum atomic E-state index is 12.5. The third-order valence-corrected chi connectivity index (χ3v) is 4.83. The largest absolute Gasteiger partial charge is 0.337 e. The van der Waals surface area contributed by atoms with Crippen molar-refractivity contribution in [1.82, 2.24) is 4.90 Å². The molecule has 0 atom stereocenters. The van der Waals surface area contributed by atoms with Gasteiger partial charge < -0.3 is 4.90 Å². The van der Waals surface area contributed by atoms with Crippen molar-refractivity contribution in [2.45, 2.75) is 6.54 Å². The molecule has 0 bridgehead atoms. The van der Waals surface area contributed by atoms with E-state index in [1.807, 2.05) is 18.2 Å². The summed E-state index contributed by atoms with van der Waals surface area (Å²) >= 11 is 18.7. The second-order valence-electron chi connectivity index (χ2n) is 4.53. The maximum absolute atomic E-state index is 12.5. The number of carbonyl (C=O) groups is 1. The number of amides is 1. The van der Waals surface area contributed by atoms with Crippen molar-refractivity contribution in [1.29, 1.82) is 0 Å². The molecule has 0 N–H and O–H groups in total. The Bertz CT molecular complexity index is 691. The molecule has 0 fully saturated rings. The highest BCUT2D eigenvalue weighted by Crippen LogP contribution is 2.25. The van der Waals surface area contributed by atoms with E-state index in [9.17, 15) is 4.79 Å². The third kappa shape index (κ3) is 4.22. The molecule has 0 aliphatic rings. The van der Waals surface area contributed by atoms with Crippen molar-refractivity contribution in [3.05, 3.63) is 66.5 Å². The number of nitrogens with zero attached hydrogens (tertiary/aromatic N) is 1. The first-order valence-corrected chi connectivity index (χ1v) is 8.37. The van der Waals surface area contributed by atoms with E-state index in [0.29, 0.717) is 22.2 Å². The molecule has 2 aromatic carbocycles. The van der Waals surface area contributed by atoms with Crippen LogP contribution in [0.5, 0.6) is 0 Å². The zero-order chi connectivity index (χ0) is 15.6. The lowest BCUT2D eigenvalue weighted by molar-refractivity contribution is 0.0784. The normalized spacial score (nSPS) is 10.5. The van der Waals surface area contributed by atoms with E-state index in [0.717, 1.165) is 14.5 Å². The fourth-order valence-electron chi connectivity index (χ4n) is 1.85. The highest BCUT2D eigenvalue weighted by atomic mass is 79.9. The van der Waals surface area contributed by atoms with Crippen LogP contribution in [-0.2, 0) is 6.54 Å². The minimum Gasteiger partial charge on any atom is -0.337 e. The van der Waals surface area contributed by atoms with Gasteiger partial charge in [-0.3, -0.25) is 4.79 Å². The summed E-state index contributed by atoms with van der Waals surface area (Å²) < 4.78 is 1.62. The van der Waals surface area contributed by atoms with Gasteiger partial charge in [0.1, 0.15) is 0 Å². The predicted octanol–water partition coefficient (Wildman–Crippen LogP) is 5.79. The van der Waals surface area contributed by atoms with E-state index in [2.05, 4.69) is 31.9 Å². The van der Waals surface area contributed by atoms with Crippen LogP contribution in [0.25, 0.3) is 0 Å². The van der Waals surface area contributed by atoms with Crippen molar-refractivity contribution in [3.63, 3.8) is 0 Å². The topological polar surface area (TPSA) is 20.3 Å². The first-order chi connectivity index (χ1) is 9.88. The Labute approximate surface area is 150 Å². The first-order valence-electron chi connectivity index (χ1n) is 6.03. The second-order valence-corrected chi connectivity index (χ2v) is 7.12. The predicted molar refractivity (Wildman–Crippen MR) is 94.1 cm³/mol. The fraction of sp³-hybridized carbons (Fsp3) is 0.133. The summed E-state index contributed by atoms with van der Waals surface area (Å²) in [5.74, 6) is -0.0748. The second kappa shape index (κ2) is 7.14. The van der Waals surface area contributed by atoms with Gasteiger partial charge in [-0.05, 0) is 51.8 Å². The first kappa shape index (κ1) is 16.8. The van der Waals surface area contributed by atoms with Gasteiger partial charge in [-0.1, -0.05) is 45.2 Å². The lowest BCUT2D eigenvalue weighted by atomic mass is 10.1. The number of benzene rings is 2. The molecule has 0 saturated heterocycles. The van der Waals surface area contributed by atoms with E-state index in [1.165, 1.54) is 0 Å². The van der Waals surface area contributed by atoms with Gasteiger partial charge in [0.2, 0.25) is 0 Å². The van der Waals surface area contributed by atoms with Crippen LogP contribution in [0, 0.1) is 0 Å². The van der Waals surface area contributed by atoms with Crippen LogP contribution in [0.2, 0.25) is 10.0 Å². The molecule has 2 rings (SSSR count). The van der Waals surface area contributed by atoms with E-state index in [-0.39, 0.29) is 5.91 Å². The summed E-state index contributed by atoms with van der Waals surface area (Å²) in [5.41, 5.74) is 1.53. The fourth-order valence-corrected chi connectivity index (χ4v) is 2.95. The van der Waals surface area contributed by atoms with Gasteiger partial charge in [0.25, 0.3) is 5.91 Å². The quantitative estimate of drug-likeness (QED) is 0.578. The molecule has 6 heteroatoms. The van der Waals surface area contributed by atoms with Crippen molar-refractivity contribution >= 4 is 61.0 Å². The van der Waals surface area contributed by atoms with Gasteiger partial charge in [-0.25, -0.2) is 0 Å². The average Bonchev–Trinajstić information content (AvgIpc) is 2.44. The number of rotatable bonds is 3. The summed E-state index contributed by atoms with van der Waals surface area (Å²) in [6.07, 6.45) is 0. The summed E-state index contributed by atoms with van der Waals surface area (Å²) in [7, 11) is 1.75. The Morgan fingerprint density at radius 1 is 1.10 bits per heavy atom. The van der Waals surface area contributed by atoms with Crippen LogP contribution in [0.3, 0.4) is 0 Å². The zero-order valence-corrected chi connectivity index (χ0v) is 15.7. The Kier molecular flexibility index (Phi) is 5.72. The lowest BCUT2D eigenvalue weighted by Gasteiger charge is -2.18. The molecule has 0 heterocycles. The SMILES string of the molecule is CN(Cc1ccc(Cl)c(Cl)c1)C(=O)c1cc(Br)ccc1Br. The highest BCUT2D eigenvalue weighted by molar-refractivity contribution is 9.11. The number of hydrogen-bond donors (Lipinski definition) is 0. The summed E-state index contributed by atoms with van der Waals surface area (Å²) in [6.45, 7) is 0.453. The molecule has 0 saturated carbocycles. The van der Waals surface area contributed by atoms with Crippen molar-refractivity contribution in [3.8, 4) is 0 Å². The van der Waals surface area contributed by atoms with E-state index in [1.54, 1.807) is 30.1 Å². The van der Waals surface area contributed by atoms with Crippen LogP contribution < -0.4 is 0 Å². The Morgan fingerprint density at radius 3 is 2.48 bits per heavy atom. The van der Waals surface area contributed by atoms with Crippen molar-refractivity contribution < 1.29 is 4.79 Å². The molecule has 110 valence electrons. The highest BCUT2D eigenvalue weighted by Gasteiger charge is 2.16. The van der Waals surface area contributed by atoms with Crippen molar-refractivity contribution in [2.24, 2.45) is 0 Å². The molecule has 0 radical (unpaired) electrons. The standard InChI is InChI=1S/C15H11Br2Cl2NO/c1-20(8-9-2-5-13(18)14(19)6-9)15(21)11-7-10(16)3-4-12(11)17/h2-7H,8H2,1H3. The summed E-state index contributed by atoms with van der Waals surface area (Å²) in [4.78, 5) is 14.1. The van der Waals surface area contributed by atoms with Crippen LogP contribution in [0.4, 0.5) is 0 Å². The average molecular weight is 452 g/mol. The minimum absolute atomic E-state index is 0.0748. The van der Waals surface area contributed by atoms with Crippen LogP contribution >= 0.6 is 55.1 Å². The molecule has 1 amide bonds. The minimum atomic E-state index is -0.0748. The molecule has 0 aromatic heterocycles. The number of halogens is 4. The molecule has 2 nitrogen and oxygen atoms in total. The molecule has 21 heavy (non-hydrogen) atoms. The molecule has 0 aliphatic carbocycles. The van der Waals surface area contributed by atoms with E-state index >= 15 is 0 Å². The van der Waals surface area contributed by atoms with Gasteiger partial charge in [-0.2, -0.15) is 0 Å². The molecule has 0 spiro atoms. The third-order valence-electron chi connectivity index (χ3n) is 2.91. The Morgan fingerprint density at radius 2 is 1.81 bits per heavy atom. The van der Waals surface area contributed by atoms with Gasteiger partial charge in [0.05, 0.1) is 15.6 Å². The lowest BCUT2D eigenvalue weighted by Crippen LogP contribution is -2.26. The number of hydrogen-bond acceptors (Lipinski definition) is 1. The van der Waals surface area contributed by atoms with Crippen molar-refractivity contribution in [2.75, 3.05) is 7.05 Å². The number of carbonyl (C=O) groups excluding carboxylic acids is 1. The molecule has 0 unspecified atom stereocenters. The molecule has 2 aromatic rings. The molecule has 0 aliphatic heterocycles. The van der Waals surface area contributed by atoms with Crippen LogP contribution in [0.1, 0.15) is 15.9 Å². The van der Waals surface area contributed by atoms with Gasteiger partial charge in [0.15, 0.2) is 0 Å². The zero-order valence-electron chi connectivity index (χ0n) is 11.0. The van der Waals surface area contributed by atoms with Gasteiger partial charge in [-0.15, -0.1) is 0 Å². The maximum Gasteiger partial charge on any atom is 0.255 e.